The molecule has 2 aromatic rings. The smallest absolute Gasteiger partial charge is 0.230 e. The van der Waals surface area contributed by atoms with Gasteiger partial charge in [0.05, 0.1) is 5.75 Å². The Morgan fingerprint density at radius 3 is 2.83 bits per heavy atom. The predicted molar refractivity (Wildman–Crippen MR) is 93.2 cm³/mol. The van der Waals surface area contributed by atoms with Crippen LogP contribution in [0.5, 0.6) is 5.75 Å². The van der Waals surface area contributed by atoms with E-state index < -0.39 is 0 Å². The van der Waals surface area contributed by atoms with Gasteiger partial charge in [-0.15, -0.1) is 10.2 Å². The summed E-state index contributed by atoms with van der Waals surface area (Å²) in [6.45, 7) is 1.10. The molecule has 0 aliphatic heterocycles. The number of halogens is 1. The van der Waals surface area contributed by atoms with Crippen molar-refractivity contribution in [3.63, 3.8) is 0 Å². The van der Waals surface area contributed by atoms with Crippen molar-refractivity contribution in [3.05, 3.63) is 35.1 Å². The zero-order chi connectivity index (χ0) is 16.9. The maximum absolute atomic E-state index is 11.8. The maximum Gasteiger partial charge on any atom is 0.230 e. The minimum atomic E-state index is 0.0360. The Bertz CT molecular complexity index is 701. The van der Waals surface area contributed by atoms with E-state index in [9.17, 15) is 4.79 Å². The highest BCUT2D eigenvalue weighted by molar-refractivity contribution is 7.99. The number of carbonyl (C=O) groups is 1. The molecule has 24 heavy (non-hydrogen) atoms. The van der Waals surface area contributed by atoms with Crippen LogP contribution in [-0.4, -0.2) is 33.0 Å². The van der Waals surface area contributed by atoms with Gasteiger partial charge in [0.1, 0.15) is 12.4 Å². The van der Waals surface area contributed by atoms with Crippen LogP contribution in [0.25, 0.3) is 0 Å². The maximum atomic E-state index is 11.8. The van der Waals surface area contributed by atoms with Gasteiger partial charge in [-0.2, -0.15) is 0 Å². The Balaban J connectivity index is 1.47. The van der Waals surface area contributed by atoms with Crippen LogP contribution in [0.1, 0.15) is 18.7 Å². The first-order valence-corrected chi connectivity index (χ1v) is 9.14. The number of nitrogens with one attached hydrogen (secondary N) is 1. The lowest BCUT2D eigenvalue weighted by molar-refractivity contribution is -0.118. The fourth-order valence-corrected chi connectivity index (χ4v) is 2.92. The minimum absolute atomic E-state index is 0.0360. The predicted octanol–water partition coefficient (Wildman–Crippen LogP) is 2.67. The van der Waals surface area contributed by atoms with Gasteiger partial charge >= 0.3 is 0 Å². The number of nitrogens with zero attached hydrogens (tertiary/aromatic N) is 3. The molecule has 0 saturated heterocycles. The first kappa shape index (κ1) is 17.1. The van der Waals surface area contributed by atoms with Crippen molar-refractivity contribution in [2.24, 2.45) is 13.0 Å². The van der Waals surface area contributed by atoms with Gasteiger partial charge in [-0.05, 0) is 43.0 Å². The summed E-state index contributed by atoms with van der Waals surface area (Å²) >= 11 is 7.22. The minimum Gasteiger partial charge on any atom is -0.486 e. The van der Waals surface area contributed by atoms with Crippen molar-refractivity contribution in [1.82, 2.24) is 20.1 Å². The van der Waals surface area contributed by atoms with E-state index in [4.69, 9.17) is 16.3 Å². The van der Waals surface area contributed by atoms with Gasteiger partial charge < -0.3 is 14.6 Å². The third kappa shape index (κ3) is 4.88. The van der Waals surface area contributed by atoms with Gasteiger partial charge in [-0.1, -0.05) is 23.4 Å². The van der Waals surface area contributed by atoms with Crippen LogP contribution in [0, 0.1) is 5.92 Å². The monoisotopic (exact) mass is 366 g/mol. The zero-order valence-corrected chi connectivity index (χ0v) is 14.9. The van der Waals surface area contributed by atoms with Crippen molar-refractivity contribution in [3.8, 4) is 5.75 Å². The summed E-state index contributed by atoms with van der Waals surface area (Å²) in [5.74, 6) is 2.48. The second kappa shape index (κ2) is 7.90. The van der Waals surface area contributed by atoms with Gasteiger partial charge in [0.15, 0.2) is 11.0 Å². The average molecular weight is 367 g/mol. The average Bonchev–Trinajstić information content (AvgIpc) is 3.35. The SMILES string of the molecule is Cn1c(COc2ccc(Cl)cc2)nnc1SCC(=O)NCC1CC1. The highest BCUT2D eigenvalue weighted by atomic mass is 35.5. The number of carbonyl (C=O) groups excluding carboxylic acids is 1. The molecule has 128 valence electrons. The van der Waals surface area contributed by atoms with E-state index in [1.165, 1.54) is 24.6 Å². The van der Waals surface area contributed by atoms with Crippen LogP contribution >= 0.6 is 23.4 Å². The second-order valence-corrected chi connectivity index (χ2v) is 7.12. The molecule has 1 N–H and O–H groups in total. The van der Waals surface area contributed by atoms with Gasteiger partial charge in [0.2, 0.25) is 5.91 Å². The molecule has 1 aromatic heterocycles. The fourth-order valence-electron chi connectivity index (χ4n) is 2.04. The van der Waals surface area contributed by atoms with Crippen LogP contribution < -0.4 is 10.1 Å². The van der Waals surface area contributed by atoms with E-state index in [2.05, 4.69) is 15.5 Å². The molecule has 1 amide bonds. The van der Waals surface area contributed by atoms with Crippen LogP contribution in [-0.2, 0) is 18.4 Å². The van der Waals surface area contributed by atoms with Crippen molar-refractivity contribution < 1.29 is 9.53 Å². The Kier molecular flexibility index (Phi) is 5.63. The highest BCUT2D eigenvalue weighted by Crippen LogP contribution is 2.27. The summed E-state index contributed by atoms with van der Waals surface area (Å²) in [7, 11) is 1.87. The first-order valence-electron chi connectivity index (χ1n) is 7.78. The summed E-state index contributed by atoms with van der Waals surface area (Å²) in [5, 5.41) is 12.5. The molecule has 3 rings (SSSR count). The Morgan fingerprint density at radius 2 is 2.12 bits per heavy atom. The Morgan fingerprint density at radius 1 is 1.38 bits per heavy atom. The van der Waals surface area contributed by atoms with Gasteiger partial charge in [-0.25, -0.2) is 0 Å². The fraction of sp³-hybridized carbons (Fsp3) is 0.438. The molecule has 6 nitrogen and oxygen atoms in total. The van der Waals surface area contributed by atoms with Crippen molar-refractivity contribution in [2.75, 3.05) is 12.3 Å². The molecule has 1 heterocycles. The van der Waals surface area contributed by atoms with E-state index in [-0.39, 0.29) is 5.91 Å². The van der Waals surface area contributed by atoms with Gasteiger partial charge in [-0.3, -0.25) is 4.79 Å². The third-order valence-electron chi connectivity index (χ3n) is 3.72. The normalized spacial score (nSPS) is 13.8. The molecule has 1 fully saturated rings. The molecule has 0 bridgehead atoms. The number of benzene rings is 1. The van der Waals surface area contributed by atoms with Crippen LogP contribution in [0.3, 0.4) is 0 Å². The van der Waals surface area contributed by atoms with E-state index in [1.54, 1.807) is 24.3 Å². The molecule has 1 aromatic carbocycles. The molecule has 0 radical (unpaired) electrons. The molecule has 8 heteroatoms. The summed E-state index contributed by atoms with van der Waals surface area (Å²) in [6, 6.07) is 7.15. The number of ether oxygens (including phenoxy) is 1. The van der Waals surface area contributed by atoms with Crippen molar-refractivity contribution in [1.29, 1.82) is 0 Å². The van der Waals surface area contributed by atoms with Crippen molar-refractivity contribution >= 4 is 29.3 Å². The third-order valence-corrected chi connectivity index (χ3v) is 5.00. The summed E-state index contributed by atoms with van der Waals surface area (Å²) in [4.78, 5) is 11.8. The van der Waals surface area contributed by atoms with Crippen LogP contribution in [0.4, 0.5) is 0 Å². The lowest BCUT2D eigenvalue weighted by Crippen LogP contribution is -2.27. The highest BCUT2D eigenvalue weighted by Gasteiger charge is 2.21. The number of aromatic nitrogens is 3. The van der Waals surface area contributed by atoms with E-state index in [0.29, 0.717) is 34.3 Å². The molecule has 0 spiro atoms. The van der Waals surface area contributed by atoms with E-state index in [1.807, 2.05) is 11.6 Å². The van der Waals surface area contributed by atoms with Gasteiger partial charge in [0.25, 0.3) is 0 Å². The van der Waals surface area contributed by atoms with Gasteiger partial charge in [0, 0.05) is 18.6 Å². The quantitative estimate of drug-likeness (QED) is 0.727. The Hall–Kier alpha value is -1.73. The van der Waals surface area contributed by atoms with Crippen molar-refractivity contribution in [2.45, 2.75) is 24.6 Å². The van der Waals surface area contributed by atoms with Crippen LogP contribution in [0.2, 0.25) is 5.02 Å². The number of amides is 1. The lowest BCUT2D eigenvalue weighted by Gasteiger charge is -2.07. The largest absolute Gasteiger partial charge is 0.486 e. The molecule has 0 atom stereocenters. The molecular weight excluding hydrogens is 348 g/mol. The van der Waals surface area contributed by atoms with E-state index in [0.717, 1.165) is 12.3 Å². The number of rotatable bonds is 8. The first-order chi connectivity index (χ1) is 11.6. The molecule has 1 aliphatic rings. The van der Waals surface area contributed by atoms with Crippen LogP contribution in [0.15, 0.2) is 29.4 Å². The molecule has 1 aliphatic carbocycles. The second-order valence-electron chi connectivity index (χ2n) is 5.74. The lowest BCUT2D eigenvalue weighted by atomic mass is 10.3. The Labute approximate surface area is 149 Å². The number of thioether (sulfide) groups is 1. The van der Waals surface area contributed by atoms with E-state index >= 15 is 0 Å². The number of hydrogen-bond donors (Lipinski definition) is 1. The molecular formula is C16H19ClN4O2S. The summed E-state index contributed by atoms with van der Waals surface area (Å²) < 4.78 is 7.51. The summed E-state index contributed by atoms with van der Waals surface area (Å²) in [5.41, 5.74) is 0. The molecule has 0 unspecified atom stereocenters. The summed E-state index contributed by atoms with van der Waals surface area (Å²) in [6.07, 6.45) is 2.46. The zero-order valence-electron chi connectivity index (χ0n) is 13.4. The topological polar surface area (TPSA) is 69.0 Å². The molecule has 1 saturated carbocycles. The number of hydrogen-bond acceptors (Lipinski definition) is 5. The standard InChI is InChI=1S/C16H19ClN4O2S/c1-21-14(9-23-13-6-4-12(17)5-7-13)19-20-16(21)24-10-15(22)18-8-11-2-3-11/h4-7,11H,2-3,8-10H2,1H3,(H,18,22).